The van der Waals surface area contributed by atoms with Gasteiger partial charge in [-0.05, 0) is 31.0 Å². The molecule has 0 aliphatic carbocycles. The number of benzene rings is 1. The summed E-state index contributed by atoms with van der Waals surface area (Å²) in [5, 5.41) is 6.81. The number of rotatable bonds is 5. The lowest BCUT2D eigenvalue weighted by molar-refractivity contribution is 0.549. The Hall–Kier alpha value is -1.63. The van der Waals surface area contributed by atoms with Crippen molar-refractivity contribution in [2.45, 2.75) is 39.3 Å². The van der Waals surface area contributed by atoms with Crippen LogP contribution in [-0.4, -0.2) is 24.0 Å². The quantitative estimate of drug-likeness (QED) is 0.424. The molecule has 1 heterocycles. The molecule has 0 saturated heterocycles. The van der Waals surface area contributed by atoms with Crippen LogP contribution in [0.25, 0.3) is 0 Å². The molecule has 0 amide bonds. The van der Waals surface area contributed by atoms with Crippen LogP contribution < -0.4 is 10.6 Å². The van der Waals surface area contributed by atoms with E-state index in [0.717, 1.165) is 11.7 Å². The van der Waals surface area contributed by atoms with Gasteiger partial charge in [-0.3, -0.25) is 9.98 Å². The fraction of sp³-hybridized carbons (Fsp3) is 0.368. The van der Waals surface area contributed by atoms with Crippen LogP contribution in [0.5, 0.6) is 0 Å². The first-order valence-electron chi connectivity index (χ1n) is 8.04. The number of aliphatic imine (C=N–C) groups is 1. The molecule has 2 N–H and O–H groups in total. The fourth-order valence-electron chi connectivity index (χ4n) is 2.45. The lowest BCUT2D eigenvalue weighted by Crippen LogP contribution is -2.44. The maximum Gasteiger partial charge on any atom is 0.191 e. The molecule has 0 fully saturated rings. The SMILES string of the molecule is CN=C(NCc1ncccc1C)NC(C)C(C)c1ccccc1.I. The zero-order valence-corrected chi connectivity index (χ0v) is 17.1. The van der Waals surface area contributed by atoms with Crippen molar-refractivity contribution in [3.63, 3.8) is 0 Å². The number of pyridine rings is 1. The van der Waals surface area contributed by atoms with Crippen molar-refractivity contribution in [1.82, 2.24) is 15.6 Å². The zero-order valence-electron chi connectivity index (χ0n) is 14.8. The molecular formula is C19H27IN4. The molecule has 130 valence electrons. The summed E-state index contributed by atoms with van der Waals surface area (Å²) in [7, 11) is 1.79. The summed E-state index contributed by atoms with van der Waals surface area (Å²) in [5.74, 6) is 1.19. The van der Waals surface area contributed by atoms with Crippen molar-refractivity contribution in [2.75, 3.05) is 7.05 Å². The average Bonchev–Trinajstić information content (AvgIpc) is 2.59. The highest BCUT2D eigenvalue weighted by atomic mass is 127. The molecule has 2 aromatic rings. The average molecular weight is 438 g/mol. The lowest BCUT2D eigenvalue weighted by atomic mass is 9.94. The van der Waals surface area contributed by atoms with Crippen LogP contribution in [0.2, 0.25) is 0 Å². The molecule has 4 nitrogen and oxygen atoms in total. The van der Waals surface area contributed by atoms with E-state index in [2.05, 4.69) is 71.7 Å². The van der Waals surface area contributed by atoms with Crippen LogP contribution in [0.15, 0.2) is 53.7 Å². The van der Waals surface area contributed by atoms with Gasteiger partial charge in [-0.25, -0.2) is 0 Å². The van der Waals surface area contributed by atoms with Gasteiger partial charge in [-0.2, -0.15) is 0 Å². The van der Waals surface area contributed by atoms with Gasteiger partial charge in [0.1, 0.15) is 0 Å². The number of nitrogens with zero attached hydrogens (tertiary/aromatic N) is 2. The number of hydrogen-bond acceptors (Lipinski definition) is 2. The Morgan fingerprint density at radius 3 is 2.46 bits per heavy atom. The number of guanidine groups is 1. The van der Waals surface area contributed by atoms with Gasteiger partial charge in [0, 0.05) is 25.2 Å². The molecule has 2 atom stereocenters. The molecule has 0 bridgehead atoms. The van der Waals surface area contributed by atoms with Gasteiger partial charge in [0.05, 0.1) is 12.2 Å². The predicted molar refractivity (Wildman–Crippen MR) is 112 cm³/mol. The third kappa shape index (κ3) is 5.78. The summed E-state index contributed by atoms with van der Waals surface area (Å²) in [6.45, 7) is 7.14. The van der Waals surface area contributed by atoms with Crippen LogP contribution in [0.1, 0.15) is 36.6 Å². The Balaban J connectivity index is 0.00000288. The van der Waals surface area contributed by atoms with E-state index in [0.29, 0.717) is 12.5 Å². The predicted octanol–water partition coefficient (Wildman–Crippen LogP) is 3.87. The number of aromatic nitrogens is 1. The summed E-state index contributed by atoms with van der Waals surface area (Å²) in [4.78, 5) is 8.72. The number of aryl methyl sites for hydroxylation is 1. The van der Waals surface area contributed by atoms with E-state index >= 15 is 0 Å². The second-order valence-electron chi connectivity index (χ2n) is 5.83. The molecule has 0 aliphatic rings. The first-order valence-corrected chi connectivity index (χ1v) is 8.04. The van der Waals surface area contributed by atoms with Crippen molar-refractivity contribution in [2.24, 2.45) is 4.99 Å². The second kappa shape index (κ2) is 10.3. The topological polar surface area (TPSA) is 49.3 Å². The van der Waals surface area contributed by atoms with Crippen LogP contribution in [0.3, 0.4) is 0 Å². The first-order chi connectivity index (χ1) is 11.1. The smallest absolute Gasteiger partial charge is 0.191 e. The molecule has 0 radical (unpaired) electrons. The van der Waals surface area contributed by atoms with E-state index in [1.807, 2.05) is 18.3 Å². The van der Waals surface area contributed by atoms with E-state index in [-0.39, 0.29) is 30.0 Å². The number of nitrogens with one attached hydrogen (secondary N) is 2. The van der Waals surface area contributed by atoms with Crippen molar-refractivity contribution in [3.8, 4) is 0 Å². The van der Waals surface area contributed by atoms with Gasteiger partial charge >= 0.3 is 0 Å². The molecule has 5 heteroatoms. The molecule has 24 heavy (non-hydrogen) atoms. The Bertz CT molecular complexity index is 643. The van der Waals surface area contributed by atoms with Gasteiger partial charge in [0.2, 0.25) is 0 Å². The molecule has 2 unspecified atom stereocenters. The Kier molecular flexibility index (Phi) is 8.74. The van der Waals surface area contributed by atoms with Crippen molar-refractivity contribution in [1.29, 1.82) is 0 Å². The van der Waals surface area contributed by atoms with Gasteiger partial charge in [-0.1, -0.05) is 43.3 Å². The summed E-state index contributed by atoms with van der Waals surface area (Å²) < 4.78 is 0. The summed E-state index contributed by atoms with van der Waals surface area (Å²) in [6, 6.07) is 14.8. The lowest BCUT2D eigenvalue weighted by Gasteiger charge is -2.24. The highest BCUT2D eigenvalue weighted by Gasteiger charge is 2.15. The molecular weight excluding hydrogens is 411 g/mol. The Morgan fingerprint density at radius 1 is 1.12 bits per heavy atom. The minimum absolute atomic E-state index is 0. The standard InChI is InChI=1S/C19H26N4.HI/c1-14-9-8-12-21-18(14)13-22-19(20-4)23-16(3)15(2)17-10-6-5-7-11-17;/h5-12,15-16H,13H2,1-4H3,(H2,20,22,23);1H. The third-order valence-corrected chi connectivity index (χ3v) is 4.20. The van der Waals surface area contributed by atoms with Crippen molar-refractivity contribution >= 4 is 29.9 Å². The van der Waals surface area contributed by atoms with E-state index in [4.69, 9.17) is 0 Å². The summed E-state index contributed by atoms with van der Waals surface area (Å²) in [5.41, 5.74) is 3.55. The normalized spacial score (nSPS) is 13.6. The van der Waals surface area contributed by atoms with Gasteiger partial charge in [0.25, 0.3) is 0 Å². The minimum atomic E-state index is 0. The maximum atomic E-state index is 4.40. The zero-order chi connectivity index (χ0) is 16.7. The van der Waals surface area contributed by atoms with Crippen LogP contribution in [0.4, 0.5) is 0 Å². The number of halogens is 1. The van der Waals surface area contributed by atoms with E-state index in [1.54, 1.807) is 7.05 Å². The summed E-state index contributed by atoms with van der Waals surface area (Å²) >= 11 is 0. The highest BCUT2D eigenvalue weighted by Crippen LogP contribution is 2.18. The van der Waals surface area contributed by atoms with E-state index < -0.39 is 0 Å². The van der Waals surface area contributed by atoms with Gasteiger partial charge < -0.3 is 10.6 Å². The molecule has 0 spiro atoms. The minimum Gasteiger partial charge on any atom is -0.353 e. The third-order valence-electron chi connectivity index (χ3n) is 4.20. The van der Waals surface area contributed by atoms with Crippen LogP contribution in [0, 0.1) is 6.92 Å². The highest BCUT2D eigenvalue weighted by molar-refractivity contribution is 14.0. The molecule has 2 rings (SSSR count). The van der Waals surface area contributed by atoms with E-state index in [1.165, 1.54) is 11.1 Å². The summed E-state index contributed by atoms with van der Waals surface area (Å²) in [6.07, 6.45) is 1.82. The molecule has 1 aromatic carbocycles. The fourth-order valence-corrected chi connectivity index (χ4v) is 2.45. The van der Waals surface area contributed by atoms with Crippen molar-refractivity contribution in [3.05, 3.63) is 65.5 Å². The monoisotopic (exact) mass is 438 g/mol. The molecule has 1 aromatic heterocycles. The molecule has 0 saturated carbocycles. The number of hydrogen-bond donors (Lipinski definition) is 2. The second-order valence-corrected chi connectivity index (χ2v) is 5.83. The largest absolute Gasteiger partial charge is 0.353 e. The maximum absolute atomic E-state index is 4.40. The Morgan fingerprint density at radius 2 is 1.83 bits per heavy atom. The van der Waals surface area contributed by atoms with Gasteiger partial charge in [-0.15, -0.1) is 24.0 Å². The van der Waals surface area contributed by atoms with Crippen LogP contribution >= 0.6 is 24.0 Å². The van der Waals surface area contributed by atoms with Crippen molar-refractivity contribution < 1.29 is 0 Å². The molecule has 0 aliphatic heterocycles. The Labute approximate surface area is 162 Å². The van der Waals surface area contributed by atoms with E-state index in [9.17, 15) is 0 Å². The van der Waals surface area contributed by atoms with Gasteiger partial charge in [0.15, 0.2) is 5.96 Å². The van der Waals surface area contributed by atoms with Crippen LogP contribution in [-0.2, 0) is 6.54 Å². The first kappa shape index (κ1) is 20.4.